The third-order valence-corrected chi connectivity index (χ3v) is 4.11. The number of para-hydroxylation sites is 1. The van der Waals surface area contributed by atoms with Crippen LogP contribution in [0.1, 0.15) is 31.2 Å². The number of fused-ring (bicyclic) bond motifs is 1. The second kappa shape index (κ2) is 6.14. The maximum Gasteiger partial charge on any atom is 0.135 e. The van der Waals surface area contributed by atoms with E-state index in [0.717, 1.165) is 23.1 Å². The highest BCUT2D eigenvalue weighted by Gasteiger charge is 2.18. The van der Waals surface area contributed by atoms with Gasteiger partial charge in [0, 0.05) is 11.8 Å². The zero-order valence-electron chi connectivity index (χ0n) is 13.0. The van der Waals surface area contributed by atoms with Crippen molar-refractivity contribution in [3.63, 3.8) is 0 Å². The van der Waals surface area contributed by atoms with Crippen molar-refractivity contribution in [2.24, 2.45) is 5.92 Å². The van der Waals surface area contributed by atoms with Gasteiger partial charge in [-0.25, -0.2) is 9.97 Å². The fourth-order valence-corrected chi connectivity index (χ4v) is 2.88. The Bertz CT molecular complexity index is 766. The van der Waals surface area contributed by atoms with Crippen molar-refractivity contribution >= 4 is 16.7 Å². The lowest BCUT2D eigenvalue weighted by molar-refractivity contribution is 0.487. The Labute approximate surface area is 131 Å². The Morgan fingerprint density at radius 3 is 2.32 bits per heavy atom. The average molecular weight is 291 g/mol. The van der Waals surface area contributed by atoms with Gasteiger partial charge in [0.25, 0.3) is 0 Å². The van der Waals surface area contributed by atoms with Crippen LogP contribution < -0.4 is 5.73 Å². The van der Waals surface area contributed by atoms with Gasteiger partial charge < -0.3 is 5.73 Å². The molecule has 0 spiro atoms. The van der Waals surface area contributed by atoms with Gasteiger partial charge in [-0.1, -0.05) is 56.3 Å². The number of nitrogen functional groups attached to an aromatic ring is 1. The Balaban J connectivity index is 1.97. The molecule has 0 amide bonds. The lowest BCUT2D eigenvalue weighted by Gasteiger charge is -2.21. The SMILES string of the molecule is CC(C)C(Cc1nc(N)c2ccccc2n1)c1ccccc1. The number of benzene rings is 2. The van der Waals surface area contributed by atoms with Crippen LogP contribution in [0.5, 0.6) is 0 Å². The third-order valence-electron chi connectivity index (χ3n) is 4.11. The second-order valence-corrected chi connectivity index (χ2v) is 6.01. The summed E-state index contributed by atoms with van der Waals surface area (Å²) in [5, 5.41) is 0.923. The van der Waals surface area contributed by atoms with E-state index in [0.29, 0.717) is 17.7 Å². The molecule has 0 saturated carbocycles. The van der Waals surface area contributed by atoms with Gasteiger partial charge in [-0.2, -0.15) is 0 Å². The molecule has 0 radical (unpaired) electrons. The Kier molecular flexibility index (Phi) is 4.05. The molecular formula is C19H21N3. The highest BCUT2D eigenvalue weighted by Crippen LogP contribution is 2.28. The minimum atomic E-state index is 0.391. The van der Waals surface area contributed by atoms with Gasteiger partial charge >= 0.3 is 0 Å². The molecule has 22 heavy (non-hydrogen) atoms. The van der Waals surface area contributed by atoms with Crippen LogP contribution in [-0.4, -0.2) is 9.97 Å². The normalized spacial score (nSPS) is 12.7. The number of hydrogen-bond acceptors (Lipinski definition) is 3. The number of hydrogen-bond donors (Lipinski definition) is 1. The van der Waals surface area contributed by atoms with Gasteiger partial charge in [0.05, 0.1) is 5.52 Å². The predicted octanol–water partition coefficient (Wildman–Crippen LogP) is 4.19. The summed E-state index contributed by atoms with van der Waals surface area (Å²) in [5.41, 5.74) is 8.34. The number of rotatable bonds is 4. The van der Waals surface area contributed by atoms with Crippen molar-refractivity contribution in [1.82, 2.24) is 9.97 Å². The topological polar surface area (TPSA) is 51.8 Å². The zero-order valence-corrected chi connectivity index (χ0v) is 13.0. The molecule has 3 nitrogen and oxygen atoms in total. The van der Waals surface area contributed by atoms with E-state index in [9.17, 15) is 0 Å². The first-order chi connectivity index (χ1) is 10.6. The van der Waals surface area contributed by atoms with Gasteiger partial charge in [-0.15, -0.1) is 0 Å². The Morgan fingerprint density at radius 2 is 1.59 bits per heavy atom. The van der Waals surface area contributed by atoms with Gasteiger partial charge in [0.1, 0.15) is 11.6 Å². The van der Waals surface area contributed by atoms with E-state index in [1.54, 1.807) is 0 Å². The minimum Gasteiger partial charge on any atom is -0.383 e. The molecule has 1 unspecified atom stereocenters. The minimum absolute atomic E-state index is 0.391. The van der Waals surface area contributed by atoms with E-state index >= 15 is 0 Å². The van der Waals surface area contributed by atoms with Crippen LogP contribution in [0.25, 0.3) is 10.9 Å². The molecule has 3 aromatic rings. The summed E-state index contributed by atoms with van der Waals surface area (Å²) in [4.78, 5) is 9.21. The summed E-state index contributed by atoms with van der Waals surface area (Å²) in [6.07, 6.45) is 0.802. The molecule has 3 rings (SSSR count). The van der Waals surface area contributed by atoms with Crippen molar-refractivity contribution in [1.29, 1.82) is 0 Å². The summed E-state index contributed by atoms with van der Waals surface area (Å²) in [5.74, 6) is 2.29. The van der Waals surface area contributed by atoms with Crippen molar-refractivity contribution in [3.05, 3.63) is 66.0 Å². The first-order valence-corrected chi connectivity index (χ1v) is 7.71. The maximum atomic E-state index is 6.10. The molecule has 1 heterocycles. The number of aromatic nitrogens is 2. The lowest BCUT2D eigenvalue weighted by atomic mass is 9.85. The van der Waals surface area contributed by atoms with Gasteiger partial charge in [0.2, 0.25) is 0 Å². The fraction of sp³-hybridized carbons (Fsp3) is 0.263. The van der Waals surface area contributed by atoms with Gasteiger partial charge in [-0.05, 0) is 29.5 Å². The molecule has 0 bridgehead atoms. The Hall–Kier alpha value is -2.42. The monoisotopic (exact) mass is 291 g/mol. The summed E-state index contributed by atoms with van der Waals surface area (Å²) >= 11 is 0. The molecule has 0 saturated heterocycles. The Morgan fingerprint density at radius 1 is 0.909 bits per heavy atom. The molecule has 0 aliphatic heterocycles. The van der Waals surface area contributed by atoms with Crippen LogP contribution in [0.15, 0.2) is 54.6 Å². The van der Waals surface area contributed by atoms with Crippen LogP contribution in [-0.2, 0) is 6.42 Å². The molecule has 3 heteroatoms. The maximum absolute atomic E-state index is 6.10. The predicted molar refractivity (Wildman–Crippen MR) is 91.7 cm³/mol. The molecule has 1 aromatic heterocycles. The summed E-state index contributed by atoms with van der Waals surface area (Å²) in [6.45, 7) is 4.48. The second-order valence-electron chi connectivity index (χ2n) is 6.01. The molecule has 0 fully saturated rings. The van der Waals surface area contributed by atoms with Crippen LogP contribution >= 0.6 is 0 Å². The van der Waals surface area contributed by atoms with Crippen molar-refractivity contribution < 1.29 is 0 Å². The van der Waals surface area contributed by atoms with Crippen molar-refractivity contribution in [2.75, 3.05) is 5.73 Å². The van der Waals surface area contributed by atoms with Crippen molar-refractivity contribution in [3.8, 4) is 0 Å². The summed E-state index contributed by atoms with van der Waals surface area (Å²) < 4.78 is 0. The summed E-state index contributed by atoms with van der Waals surface area (Å²) in [6, 6.07) is 18.5. The van der Waals surface area contributed by atoms with Gasteiger partial charge in [-0.3, -0.25) is 0 Å². The molecule has 2 aromatic carbocycles. The summed E-state index contributed by atoms with van der Waals surface area (Å²) in [7, 11) is 0. The molecule has 0 aliphatic rings. The van der Waals surface area contributed by atoms with E-state index in [4.69, 9.17) is 10.7 Å². The zero-order chi connectivity index (χ0) is 15.5. The molecule has 1 atom stereocenters. The quantitative estimate of drug-likeness (QED) is 0.784. The average Bonchev–Trinajstić information content (AvgIpc) is 2.53. The standard InChI is InChI=1S/C19H21N3/c1-13(2)16(14-8-4-3-5-9-14)12-18-21-17-11-7-6-10-15(17)19(20)22-18/h3-11,13,16H,12H2,1-2H3,(H2,20,21,22). The smallest absolute Gasteiger partial charge is 0.135 e. The number of anilines is 1. The van der Waals surface area contributed by atoms with Gasteiger partial charge in [0.15, 0.2) is 0 Å². The fourth-order valence-electron chi connectivity index (χ4n) is 2.88. The molecule has 0 aliphatic carbocycles. The van der Waals surface area contributed by atoms with Crippen molar-refractivity contribution in [2.45, 2.75) is 26.2 Å². The first-order valence-electron chi connectivity index (χ1n) is 7.71. The largest absolute Gasteiger partial charge is 0.383 e. The van der Waals surface area contributed by atoms with Crippen LogP contribution in [0.4, 0.5) is 5.82 Å². The van der Waals surface area contributed by atoms with E-state index < -0.39 is 0 Å². The number of nitrogens with two attached hydrogens (primary N) is 1. The van der Waals surface area contributed by atoms with Crippen LogP contribution in [0, 0.1) is 5.92 Å². The molecule has 112 valence electrons. The van der Waals surface area contributed by atoms with E-state index in [-0.39, 0.29) is 0 Å². The van der Waals surface area contributed by atoms with E-state index in [1.165, 1.54) is 5.56 Å². The first kappa shape index (κ1) is 14.5. The highest BCUT2D eigenvalue weighted by molar-refractivity contribution is 5.87. The van der Waals surface area contributed by atoms with E-state index in [2.05, 4.69) is 43.1 Å². The lowest BCUT2D eigenvalue weighted by Crippen LogP contribution is -2.13. The van der Waals surface area contributed by atoms with Crippen LogP contribution in [0.3, 0.4) is 0 Å². The van der Waals surface area contributed by atoms with E-state index in [1.807, 2.05) is 30.3 Å². The van der Waals surface area contributed by atoms with Crippen LogP contribution in [0.2, 0.25) is 0 Å². The number of nitrogens with zero attached hydrogens (tertiary/aromatic N) is 2. The third kappa shape index (κ3) is 2.93. The molecule has 2 N–H and O–H groups in total. The molecular weight excluding hydrogens is 270 g/mol. The highest BCUT2D eigenvalue weighted by atomic mass is 14.9.